The highest BCUT2D eigenvalue weighted by Gasteiger charge is 2.09. The summed E-state index contributed by atoms with van der Waals surface area (Å²) in [4.78, 5) is 23.1. The zero-order valence-electron chi connectivity index (χ0n) is 14.4. The van der Waals surface area contributed by atoms with E-state index in [-0.39, 0.29) is 19.1 Å². The highest BCUT2D eigenvalue weighted by molar-refractivity contribution is 6.31. The van der Waals surface area contributed by atoms with E-state index in [4.69, 9.17) is 31.7 Å². The Balaban J connectivity index is 0.000000660. The second-order valence-corrected chi connectivity index (χ2v) is 5.73. The van der Waals surface area contributed by atoms with E-state index >= 15 is 0 Å². The molecule has 0 spiro atoms. The number of aliphatic hydroxyl groups excluding tert-OH is 2. The van der Waals surface area contributed by atoms with E-state index < -0.39 is 18.0 Å². The van der Waals surface area contributed by atoms with Crippen molar-refractivity contribution in [1.82, 2.24) is 10.3 Å². The Labute approximate surface area is 155 Å². The quantitative estimate of drug-likeness (QED) is 0.383. The van der Waals surface area contributed by atoms with Crippen LogP contribution < -0.4 is 10.1 Å². The van der Waals surface area contributed by atoms with Crippen molar-refractivity contribution in [2.75, 3.05) is 13.2 Å². The molecule has 10 heteroatoms. The summed E-state index contributed by atoms with van der Waals surface area (Å²) in [6.07, 6.45) is 1.98. The van der Waals surface area contributed by atoms with Crippen molar-refractivity contribution in [3.63, 3.8) is 0 Å². The zero-order chi connectivity index (χ0) is 20.1. The van der Waals surface area contributed by atoms with Gasteiger partial charge < -0.3 is 30.5 Å². The van der Waals surface area contributed by atoms with Crippen LogP contribution in [0.25, 0.3) is 0 Å². The minimum Gasteiger partial charge on any atom is -0.478 e. The standard InChI is InChI=1S/C12H19ClN2O3.C4H4O4/c1-8(2)14-5-10(17)7-18-12-11(13)3-9(6-16)4-15-12;5-3(6)1-2-4(7)8/h3-4,8,10,14,16-17H,5-7H2,1-2H3;1-2H,(H,5,6)(H,7,8)/b;2-1+. The van der Waals surface area contributed by atoms with Gasteiger partial charge in [0.15, 0.2) is 0 Å². The molecule has 0 fully saturated rings. The molecule has 0 aliphatic heterocycles. The molecule has 0 aromatic carbocycles. The molecule has 1 rings (SSSR count). The van der Waals surface area contributed by atoms with Crippen molar-refractivity contribution in [3.05, 3.63) is 35.0 Å². The van der Waals surface area contributed by atoms with Crippen molar-refractivity contribution >= 4 is 23.5 Å². The van der Waals surface area contributed by atoms with Crippen molar-refractivity contribution < 1.29 is 34.8 Å². The average Bonchev–Trinajstić information content (AvgIpc) is 2.57. The molecule has 1 unspecified atom stereocenters. The normalized spacial score (nSPS) is 11.8. The summed E-state index contributed by atoms with van der Waals surface area (Å²) in [5.74, 6) is -2.25. The predicted octanol–water partition coefficient (Wildman–Crippen LogP) is 0.677. The number of hydrogen-bond donors (Lipinski definition) is 5. The third-order valence-electron chi connectivity index (χ3n) is 2.59. The van der Waals surface area contributed by atoms with Gasteiger partial charge in [0.1, 0.15) is 17.7 Å². The molecule has 9 nitrogen and oxygen atoms in total. The van der Waals surface area contributed by atoms with Crippen molar-refractivity contribution in [2.24, 2.45) is 0 Å². The summed E-state index contributed by atoms with van der Waals surface area (Å²) in [5, 5.41) is 37.6. The number of pyridine rings is 1. The Kier molecular flexibility index (Phi) is 12.0. The Bertz CT molecular complexity index is 592. The molecular weight excluding hydrogens is 368 g/mol. The largest absolute Gasteiger partial charge is 0.478 e. The van der Waals surface area contributed by atoms with Gasteiger partial charge in [-0.25, -0.2) is 14.6 Å². The van der Waals surface area contributed by atoms with Crippen LogP contribution in [0, 0.1) is 0 Å². The van der Waals surface area contributed by atoms with E-state index in [2.05, 4.69) is 10.3 Å². The maximum absolute atomic E-state index is 9.65. The van der Waals surface area contributed by atoms with Gasteiger partial charge in [-0.15, -0.1) is 0 Å². The number of nitrogens with zero attached hydrogens (tertiary/aromatic N) is 1. The molecule has 1 heterocycles. The molecular formula is C16H23ClN2O7. The Morgan fingerprint density at radius 2 is 1.88 bits per heavy atom. The fraction of sp³-hybridized carbons (Fsp3) is 0.438. The highest BCUT2D eigenvalue weighted by atomic mass is 35.5. The van der Waals surface area contributed by atoms with Crippen LogP contribution in [0.2, 0.25) is 5.02 Å². The molecule has 146 valence electrons. The number of halogens is 1. The number of aromatic nitrogens is 1. The van der Waals surface area contributed by atoms with Crippen LogP contribution in [-0.4, -0.2) is 62.6 Å². The van der Waals surface area contributed by atoms with Crippen LogP contribution in [-0.2, 0) is 16.2 Å². The van der Waals surface area contributed by atoms with Gasteiger partial charge in [0.05, 0.1) is 6.61 Å². The van der Waals surface area contributed by atoms with E-state index in [0.717, 1.165) is 0 Å². The summed E-state index contributed by atoms with van der Waals surface area (Å²) in [5.41, 5.74) is 0.620. The topological polar surface area (TPSA) is 149 Å². The van der Waals surface area contributed by atoms with Crippen LogP contribution in [0.4, 0.5) is 0 Å². The minimum atomic E-state index is -1.26. The van der Waals surface area contributed by atoms with Crippen LogP contribution in [0.5, 0.6) is 5.88 Å². The Morgan fingerprint density at radius 3 is 2.31 bits per heavy atom. The van der Waals surface area contributed by atoms with Crippen molar-refractivity contribution in [2.45, 2.75) is 32.6 Å². The molecule has 0 radical (unpaired) electrons. The Morgan fingerprint density at radius 1 is 1.31 bits per heavy atom. The van der Waals surface area contributed by atoms with Crippen LogP contribution >= 0.6 is 11.6 Å². The fourth-order valence-electron chi connectivity index (χ4n) is 1.41. The Hall–Kier alpha value is -2.20. The summed E-state index contributed by atoms with van der Waals surface area (Å²) in [6.45, 7) is 4.45. The monoisotopic (exact) mass is 390 g/mol. The SMILES string of the molecule is CC(C)NCC(O)COc1ncc(CO)cc1Cl.O=C(O)/C=C/C(=O)O. The molecule has 0 aliphatic rings. The number of nitrogens with one attached hydrogen (secondary N) is 1. The molecule has 5 N–H and O–H groups in total. The number of carboxylic acids is 2. The predicted molar refractivity (Wildman–Crippen MR) is 94.2 cm³/mol. The van der Waals surface area contributed by atoms with Crippen molar-refractivity contribution in [1.29, 1.82) is 0 Å². The lowest BCUT2D eigenvalue weighted by Crippen LogP contribution is -2.35. The van der Waals surface area contributed by atoms with Crippen LogP contribution in [0.1, 0.15) is 19.4 Å². The summed E-state index contributed by atoms with van der Waals surface area (Å²) in [6, 6.07) is 1.90. The number of ether oxygens (including phenoxy) is 1. The fourth-order valence-corrected chi connectivity index (χ4v) is 1.65. The number of carbonyl (C=O) groups is 2. The second kappa shape index (κ2) is 13.1. The first-order valence-corrected chi connectivity index (χ1v) is 7.97. The van der Waals surface area contributed by atoms with Gasteiger partial charge in [0, 0.05) is 30.9 Å². The zero-order valence-corrected chi connectivity index (χ0v) is 15.2. The average molecular weight is 391 g/mol. The minimum absolute atomic E-state index is 0.116. The van der Waals surface area contributed by atoms with Crippen molar-refractivity contribution in [3.8, 4) is 5.88 Å². The molecule has 0 saturated carbocycles. The molecule has 1 aromatic heterocycles. The van der Waals surface area contributed by atoms with Gasteiger partial charge in [-0.1, -0.05) is 25.4 Å². The lowest BCUT2D eigenvalue weighted by Gasteiger charge is -2.15. The maximum atomic E-state index is 9.65. The molecule has 0 amide bonds. The van der Waals surface area contributed by atoms with E-state index in [9.17, 15) is 14.7 Å². The smallest absolute Gasteiger partial charge is 0.328 e. The third-order valence-corrected chi connectivity index (χ3v) is 2.86. The van der Waals surface area contributed by atoms with Gasteiger partial charge in [0.25, 0.3) is 0 Å². The summed E-state index contributed by atoms with van der Waals surface area (Å²) >= 11 is 5.92. The molecule has 0 bridgehead atoms. The van der Waals surface area contributed by atoms with Gasteiger partial charge in [-0.05, 0) is 11.6 Å². The maximum Gasteiger partial charge on any atom is 0.328 e. The van der Waals surface area contributed by atoms with Crippen LogP contribution in [0.15, 0.2) is 24.4 Å². The lowest BCUT2D eigenvalue weighted by atomic mass is 10.3. The number of carboxylic acid groups (broad SMARTS) is 2. The van der Waals surface area contributed by atoms with Gasteiger partial charge in [-0.2, -0.15) is 0 Å². The van der Waals surface area contributed by atoms with E-state index in [1.807, 2.05) is 13.8 Å². The van der Waals surface area contributed by atoms with Gasteiger partial charge >= 0.3 is 11.9 Å². The van der Waals surface area contributed by atoms with Gasteiger partial charge in [0.2, 0.25) is 5.88 Å². The molecule has 26 heavy (non-hydrogen) atoms. The number of aliphatic carboxylic acids is 2. The molecule has 0 saturated heterocycles. The highest BCUT2D eigenvalue weighted by Crippen LogP contribution is 2.22. The first-order chi connectivity index (χ1) is 12.1. The number of hydrogen-bond acceptors (Lipinski definition) is 7. The van der Waals surface area contributed by atoms with E-state index in [0.29, 0.717) is 35.3 Å². The molecule has 0 aliphatic carbocycles. The van der Waals surface area contributed by atoms with E-state index in [1.54, 1.807) is 6.07 Å². The molecule has 1 atom stereocenters. The first-order valence-electron chi connectivity index (χ1n) is 7.59. The van der Waals surface area contributed by atoms with Crippen LogP contribution in [0.3, 0.4) is 0 Å². The summed E-state index contributed by atoms with van der Waals surface area (Å²) in [7, 11) is 0. The second-order valence-electron chi connectivity index (χ2n) is 5.33. The third kappa shape index (κ3) is 12.2. The first kappa shape index (κ1) is 23.8. The lowest BCUT2D eigenvalue weighted by molar-refractivity contribution is -0.134. The van der Waals surface area contributed by atoms with E-state index in [1.165, 1.54) is 6.20 Å². The molecule has 1 aromatic rings. The number of aliphatic hydroxyl groups is 2. The summed E-state index contributed by atoms with van der Waals surface area (Å²) < 4.78 is 5.32. The number of rotatable bonds is 9. The van der Waals surface area contributed by atoms with Gasteiger partial charge in [-0.3, -0.25) is 0 Å².